The van der Waals surface area contributed by atoms with Crippen molar-refractivity contribution in [2.45, 2.75) is 290 Å². The minimum absolute atomic E-state index is 0.0800. The molecule has 0 fully saturated rings. The maximum Gasteiger partial charge on any atom is 0.306 e. The van der Waals surface area contributed by atoms with Crippen molar-refractivity contribution in [1.82, 2.24) is 0 Å². The highest BCUT2D eigenvalue weighted by Crippen LogP contribution is 2.16. The van der Waals surface area contributed by atoms with Gasteiger partial charge in [-0.1, -0.05) is 237 Å². The van der Waals surface area contributed by atoms with Crippen molar-refractivity contribution in [2.24, 2.45) is 0 Å². The zero-order valence-electron chi connectivity index (χ0n) is 41.4. The van der Waals surface area contributed by atoms with Crippen LogP contribution in [0.1, 0.15) is 284 Å². The molecule has 0 bridgehead atoms. The number of allylic oxidation sites excluding steroid dienone is 6. The molecule has 0 rings (SSSR count). The van der Waals surface area contributed by atoms with E-state index in [0.29, 0.717) is 19.3 Å². The molecule has 0 radical (unpaired) electrons. The molecule has 0 N–H and O–H groups in total. The lowest BCUT2D eigenvalue weighted by molar-refractivity contribution is -0.167. The molecule has 0 heterocycles. The second-order valence-corrected chi connectivity index (χ2v) is 18.2. The van der Waals surface area contributed by atoms with Gasteiger partial charge in [-0.05, 0) is 64.2 Å². The molecule has 0 spiro atoms. The Morgan fingerprint density at radius 3 is 0.968 bits per heavy atom. The molecule has 0 aliphatic rings. The first-order valence-corrected chi connectivity index (χ1v) is 27.0. The van der Waals surface area contributed by atoms with Crippen molar-refractivity contribution < 1.29 is 28.6 Å². The van der Waals surface area contributed by atoms with Gasteiger partial charge in [-0.3, -0.25) is 14.4 Å². The van der Waals surface area contributed by atoms with Crippen LogP contribution >= 0.6 is 0 Å². The SMILES string of the molecule is CCCC/C=C\C=C/CCCCCC(=O)OCC(COC(=O)CCCCCCCCC/C=C\CCCCCCCCCC)OC(=O)CCCCCCCCCCCCCCCC. The first-order valence-electron chi connectivity index (χ1n) is 27.0. The molecule has 0 aromatic heterocycles. The predicted octanol–water partition coefficient (Wildman–Crippen LogP) is 17.7. The zero-order chi connectivity index (χ0) is 45.1. The average molecular weight is 871 g/mol. The average Bonchev–Trinajstić information content (AvgIpc) is 3.27. The molecule has 0 aromatic carbocycles. The quantitative estimate of drug-likeness (QED) is 0.0199. The minimum Gasteiger partial charge on any atom is -0.462 e. The van der Waals surface area contributed by atoms with Crippen LogP contribution in [0, 0.1) is 0 Å². The van der Waals surface area contributed by atoms with Gasteiger partial charge in [0.05, 0.1) is 0 Å². The molecule has 62 heavy (non-hydrogen) atoms. The van der Waals surface area contributed by atoms with Gasteiger partial charge >= 0.3 is 17.9 Å². The Balaban J connectivity index is 4.32. The van der Waals surface area contributed by atoms with E-state index in [1.165, 1.54) is 173 Å². The lowest BCUT2D eigenvalue weighted by Crippen LogP contribution is -2.30. The van der Waals surface area contributed by atoms with E-state index in [9.17, 15) is 14.4 Å². The number of carbonyl (C=O) groups is 3. The highest BCUT2D eigenvalue weighted by atomic mass is 16.6. The van der Waals surface area contributed by atoms with Gasteiger partial charge in [-0.15, -0.1) is 0 Å². The van der Waals surface area contributed by atoms with Gasteiger partial charge in [-0.2, -0.15) is 0 Å². The second-order valence-electron chi connectivity index (χ2n) is 18.2. The van der Waals surface area contributed by atoms with E-state index in [-0.39, 0.29) is 31.1 Å². The number of hydrogen-bond donors (Lipinski definition) is 0. The lowest BCUT2D eigenvalue weighted by Gasteiger charge is -2.18. The third kappa shape index (κ3) is 48.7. The molecule has 0 aliphatic heterocycles. The molecule has 0 saturated carbocycles. The smallest absolute Gasteiger partial charge is 0.306 e. The number of ether oxygens (including phenoxy) is 3. The van der Waals surface area contributed by atoms with Gasteiger partial charge in [0.2, 0.25) is 0 Å². The van der Waals surface area contributed by atoms with Crippen molar-refractivity contribution in [3.63, 3.8) is 0 Å². The Kier molecular flexibility index (Phi) is 49.3. The molecular weight excluding hydrogens is 769 g/mol. The number of rotatable bonds is 49. The summed E-state index contributed by atoms with van der Waals surface area (Å²) in [6.45, 7) is 6.58. The topological polar surface area (TPSA) is 78.9 Å². The van der Waals surface area contributed by atoms with Crippen LogP contribution in [-0.2, 0) is 28.6 Å². The van der Waals surface area contributed by atoms with Crippen molar-refractivity contribution in [3.05, 3.63) is 36.5 Å². The van der Waals surface area contributed by atoms with Gasteiger partial charge in [0.15, 0.2) is 6.10 Å². The summed E-state index contributed by atoms with van der Waals surface area (Å²) in [5.74, 6) is -0.901. The Hall–Kier alpha value is -2.37. The summed E-state index contributed by atoms with van der Waals surface area (Å²) < 4.78 is 16.8. The van der Waals surface area contributed by atoms with E-state index in [0.717, 1.165) is 70.6 Å². The predicted molar refractivity (Wildman–Crippen MR) is 266 cm³/mol. The van der Waals surface area contributed by atoms with Gasteiger partial charge < -0.3 is 14.2 Å². The standard InChI is InChI=1S/C56H102O6/c1-4-7-10-13-16-19-22-24-26-27-28-29-30-32-34-37-40-43-46-49-55(58)61-52-53(51-60-54(57)48-45-42-39-36-33-21-18-15-12-9-6-3)62-56(59)50-47-44-41-38-35-31-25-23-20-17-14-11-8-5-2/h15,18,21,27-28,33,53H,4-14,16-17,19-20,22-26,29-32,34-52H2,1-3H3/b18-15-,28-27-,33-21-. The molecule has 0 aromatic rings. The second kappa shape index (κ2) is 51.3. The van der Waals surface area contributed by atoms with Crippen LogP contribution in [0.4, 0.5) is 0 Å². The van der Waals surface area contributed by atoms with Crippen LogP contribution in [-0.4, -0.2) is 37.2 Å². The fourth-order valence-electron chi connectivity index (χ4n) is 7.77. The summed E-state index contributed by atoms with van der Waals surface area (Å²) in [6.07, 6.45) is 59.9. The molecule has 0 aliphatic carbocycles. The van der Waals surface area contributed by atoms with Gasteiger partial charge in [0, 0.05) is 19.3 Å². The summed E-state index contributed by atoms with van der Waals surface area (Å²) in [7, 11) is 0. The molecule has 0 amide bonds. The Morgan fingerprint density at radius 1 is 0.323 bits per heavy atom. The van der Waals surface area contributed by atoms with Crippen molar-refractivity contribution in [1.29, 1.82) is 0 Å². The van der Waals surface area contributed by atoms with Crippen LogP contribution in [0.25, 0.3) is 0 Å². The first-order chi connectivity index (χ1) is 30.5. The van der Waals surface area contributed by atoms with Crippen molar-refractivity contribution >= 4 is 17.9 Å². The maximum atomic E-state index is 12.8. The third-order valence-corrected chi connectivity index (χ3v) is 11.9. The molecule has 1 atom stereocenters. The highest BCUT2D eigenvalue weighted by Gasteiger charge is 2.19. The summed E-state index contributed by atoms with van der Waals surface area (Å²) >= 11 is 0. The third-order valence-electron chi connectivity index (χ3n) is 11.9. The summed E-state index contributed by atoms with van der Waals surface area (Å²) in [4.78, 5) is 38.0. The molecule has 1 unspecified atom stereocenters. The van der Waals surface area contributed by atoms with Crippen LogP contribution in [0.3, 0.4) is 0 Å². The van der Waals surface area contributed by atoms with Gasteiger partial charge in [-0.25, -0.2) is 0 Å². The van der Waals surface area contributed by atoms with E-state index < -0.39 is 6.10 Å². The number of carbonyl (C=O) groups excluding carboxylic acids is 3. The number of hydrogen-bond acceptors (Lipinski definition) is 6. The van der Waals surface area contributed by atoms with Crippen LogP contribution in [0.5, 0.6) is 0 Å². The Bertz CT molecular complexity index is 1050. The summed E-state index contributed by atoms with van der Waals surface area (Å²) in [5, 5.41) is 0. The van der Waals surface area contributed by atoms with Gasteiger partial charge in [0.25, 0.3) is 0 Å². The van der Waals surface area contributed by atoms with Crippen molar-refractivity contribution in [2.75, 3.05) is 13.2 Å². The van der Waals surface area contributed by atoms with E-state index in [1.807, 2.05) is 0 Å². The number of esters is 3. The molecule has 6 nitrogen and oxygen atoms in total. The monoisotopic (exact) mass is 871 g/mol. The largest absolute Gasteiger partial charge is 0.462 e. The van der Waals surface area contributed by atoms with Crippen molar-refractivity contribution in [3.8, 4) is 0 Å². The minimum atomic E-state index is -0.780. The molecule has 0 saturated heterocycles. The fraction of sp³-hybridized carbons (Fsp3) is 0.839. The van der Waals surface area contributed by atoms with E-state index in [2.05, 4.69) is 57.2 Å². The number of unbranched alkanes of at least 4 members (excludes halogenated alkanes) is 33. The lowest BCUT2D eigenvalue weighted by atomic mass is 10.0. The first kappa shape index (κ1) is 59.6. The van der Waals surface area contributed by atoms with E-state index in [4.69, 9.17) is 14.2 Å². The van der Waals surface area contributed by atoms with Crippen LogP contribution in [0.2, 0.25) is 0 Å². The van der Waals surface area contributed by atoms with E-state index >= 15 is 0 Å². The summed E-state index contributed by atoms with van der Waals surface area (Å²) in [6, 6.07) is 0. The molecular formula is C56H102O6. The fourth-order valence-corrected chi connectivity index (χ4v) is 7.77. The molecule has 6 heteroatoms. The zero-order valence-corrected chi connectivity index (χ0v) is 41.4. The maximum absolute atomic E-state index is 12.8. The Morgan fingerprint density at radius 2 is 0.597 bits per heavy atom. The molecule has 362 valence electrons. The van der Waals surface area contributed by atoms with Crippen LogP contribution in [0.15, 0.2) is 36.5 Å². The summed E-state index contributed by atoms with van der Waals surface area (Å²) in [5.41, 5.74) is 0. The normalized spacial score (nSPS) is 12.2. The van der Waals surface area contributed by atoms with E-state index in [1.54, 1.807) is 0 Å². The highest BCUT2D eigenvalue weighted by molar-refractivity contribution is 5.71. The van der Waals surface area contributed by atoms with Gasteiger partial charge in [0.1, 0.15) is 13.2 Å². The Labute approximate surface area is 385 Å². The van der Waals surface area contributed by atoms with Crippen LogP contribution < -0.4 is 0 Å².